The third-order valence-electron chi connectivity index (χ3n) is 3.32. The van der Waals surface area contributed by atoms with E-state index in [1.165, 1.54) is 0 Å². The summed E-state index contributed by atoms with van der Waals surface area (Å²) in [6, 6.07) is -0.485. The Morgan fingerprint density at radius 2 is 1.74 bits per heavy atom. The van der Waals surface area contributed by atoms with E-state index < -0.39 is 17.5 Å². The smallest absolute Gasteiger partial charge is 0.247 e. The van der Waals surface area contributed by atoms with E-state index in [0.717, 1.165) is 25.7 Å². The summed E-state index contributed by atoms with van der Waals surface area (Å²) in [4.78, 5) is 15.8. The lowest BCUT2D eigenvalue weighted by Gasteiger charge is -2.32. The molecule has 0 aliphatic rings. The molecule has 0 radical (unpaired) electrons. The predicted octanol–water partition coefficient (Wildman–Crippen LogP) is -0.870. The number of guanidine groups is 1. The summed E-state index contributed by atoms with van der Waals surface area (Å²) < 4.78 is 0. The molecule has 0 spiro atoms. The molecule has 19 heavy (non-hydrogen) atoms. The van der Waals surface area contributed by atoms with Crippen molar-refractivity contribution in [3.8, 4) is 0 Å². The third kappa shape index (κ3) is 5.44. The number of nitrogens with zero attached hydrogens (tertiary/aromatic N) is 1. The van der Waals surface area contributed by atoms with Crippen LogP contribution < -0.4 is 28.7 Å². The highest BCUT2D eigenvalue weighted by molar-refractivity contribution is 5.89. The maximum atomic E-state index is 11.8. The molecule has 0 aliphatic heterocycles. The highest BCUT2D eigenvalue weighted by Crippen LogP contribution is 2.25. The molecule has 1 amide bonds. The summed E-state index contributed by atoms with van der Waals surface area (Å²) in [5, 5.41) is 0. The molecule has 0 saturated heterocycles. The van der Waals surface area contributed by atoms with E-state index in [-0.39, 0.29) is 5.96 Å². The monoisotopic (exact) mass is 272 g/mol. The highest BCUT2D eigenvalue weighted by Gasteiger charge is 2.41. The van der Waals surface area contributed by atoms with Crippen molar-refractivity contribution in [2.75, 3.05) is 6.54 Å². The van der Waals surface area contributed by atoms with E-state index in [0.29, 0.717) is 19.4 Å². The molecular formula is C12H28N6O. The van der Waals surface area contributed by atoms with Crippen LogP contribution >= 0.6 is 0 Å². The minimum absolute atomic E-state index is 0.162. The van der Waals surface area contributed by atoms with Crippen molar-refractivity contribution >= 4 is 11.9 Å². The predicted molar refractivity (Wildman–Crippen MR) is 78.1 cm³/mol. The Hall–Kier alpha value is -1.34. The lowest BCUT2D eigenvalue weighted by Crippen LogP contribution is -2.56. The van der Waals surface area contributed by atoms with Crippen LogP contribution in [0.4, 0.5) is 0 Å². The van der Waals surface area contributed by atoms with Crippen LogP contribution in [0.1, 0.15) is 45.4 Å². The first-order valence-corrected chi connectivity index (χ1v) is 6.77. The molecule has 0 rings (SSSR count). The quantitative estimate of drug-likeness (QED) is 0.198. The Kier molecular flexibility index (Phi) is 8.09. The van der Waals surface area contributed by atoms with Gasteiger partial charge in [-0.05, 0) is 25.8 Å². The molecular weight excluding hydrogens is 244 g/mol. The summed E-state index contributed by atoms with van der Waals surface area (Å²) >= 11 is 0. The standard InChI is InChI=1S/C12H28N6O/c1-2-9(14)12(10(15)19,18-11(16)17)7-5-3-4-6-8-13/h9H,2-8,13-14H2,1H3,(H2,15,19)(H4,16,17,18). The molecule has 7 heteroatoms. The Balaban J connectivity index is 4.83. The van der Waals surface area contributed by atoms with E-state index in [9.17, 15) is 4.79 Å². The zero-order chi connectivity index (χ0) is 14.9. The fourth-order valence-electron chi connectivity index (χ4n) is 2.15. The van der Waals surface area contributed by atoms with Gasteiger partial charge in [0.2, 0.25) is 5.91 Å². The maximum absolute atomic E-state index is 11.8. The van der Waals surface area contributed by atoms with Gasteiger partial charge in [0.15, 0.2) is 11.5 Å². The number of hydrogen-bond acceptors (Lipinski definition) is 4. The van der Waals surface area contributed by atoms with Gasteiger partial charge in [0.25, 0.3) is 0 Å². The topological polar surface area (TPSA) is 160 Å². The first-order valence-electron chi connectivity index (χ1n) is 6.77. The van der Waals surface area contributed by atoms with Crippen LogP contribution in [0.25, 0.3) is 0 Å². The van der Waals surface area contributed by atoms with Crippen molar-refractivity contribution < 1.29 is 4.79 Å². The summed E-state index contributed by atoms with van der Waals surface area (Å²) in [5.41, 5.74) is 26.5. The number of rotatable bonds is 10. The number of carbonyl (C=O) groups is 1. The molecule has 0 bridgehead atoms. The van der Waals surface area contributed by atoms with Crippen molar-refractivity contribution in [3.05, 3.63) is 0 Å². The van der Waals surface area contributed by atoms with E-state index in [4.69, 9.17) is 28.7 Å². The van der Waals surface area contributed by atoms with Crippen LogP contribution in [0.5, 0.6) is 0 Å². The zero-order valence-electron chi connectivity index (χ0n) is 11.8. The highest BCUT2D eigenvalue weighted by atomic mass is 16.1. The average molecular weight is 272 g/mol. The van der Waals surface area contributed by atoms with Crippen molar-refractivity contribution in [1.82, 2.24) is 0 Å². The van der Waals surface area contributed by atoms with Gasteiger partial charge in [-0.25, -0.2) is 4.99 Å². The van der Waals surface area contributed by atoms with E-state index in [1.807, 2.05) is 6.92 Å². The molecule has 0 aromatic rings. The fourth-order valence-corrected chi connectivity index (χ4v) is 2.15. The van der Waals surface area contributed by atoms with Crippen LogP contribution in [0.2, 0.25) is 0 Å². The van der Waals surface area contributed by atoms with Crippen LogP contribution in [0, 0.1) is 0 Å². The molecule has 0 heterocycles. The normalized spacial score (nSPS) is 15.5. The Morgan fingerprint density at radius 1 is 1.16 bits per heavy atom. The van der Waals surface area contributed by atoms with Crippen LogP contribution in [-0.4, -0.2) is 30.0 Å². The molecule has 10 N–H and O–H groups in total. The van der Waals surface area contributed by atoms with Gasteiger partial charge < -0.3 is 28.7 Å². The number of carbonyl (C=O) groups excluding carboxylic acids is 1. The van der Waals surface area contributed by atoms with Crippen molar-refractivity contribution in [2.24, 2.45) is 33.7 Å². The third-order valence-corrected chi connectivity index (χ3v) is 3.32. The Bertz CT molecular complexity index is 303. The molecule has 0 aromatic carbocycles. The summed E-state index contributed by atoms with van der Waals surface area (Å²) in [6.45, 7) is 2.54. The zero-order valence-corrected chi connectivity index (χ0v) is 11.8. The van der Waals surface area contributed by atoms with Gasteiger partial charge in [0.05, 0.1) is 0 Å². The van der Waals surface area contributed by atoms with Crippen LogP contribution in [0.3, 0.4) is 0 Å². The van der Waals surface area contributed by atoms with Crippen molar-refractivity contribution in [2.45, 2.75) is 57.0 Å². The number of unbranched alkanes of at least 4 members (excludes halogenated alkanes) is 3. The van der Waals surface area contributed by atoms with Crippen molar-refractivity contribution in [3.63, 3.8) is 0 Å². The molecule has 0 saturated carbocycles. The minimum atomic E-state index is -1.20. The molecule has 0 fully saturated rings. The van der Waals surface area contributed by atoms with Gasteiger partial charge >= 0.3 is 0 Å². The van der Waals surface area contributed by atoms with Gasteiger partial charge in [0.1, 0.15) is 0 Å². The van der Waals surface area contributed by atoms with Crippen LogP contribution in [0.15, 0.2) is 4.99 Å². The SMILES string of the molecule is CCC(N)C(CCCCCCN)(N=C(N)N)C(N)=O. The molecule has 0 aromatic heterocycles. The number of aliphatic imine (C=N–C) groups is 1. The first-order chi connectivity index (χ1) is 8.90. The number of primary amides is 1. The Labute approximate surface area is 115 Å². The summed E-state index contributed by atoms with van der Waals surface area (Å²) in [7, 11) is 0. The lowest BCUT2D eigenvalue weighted by molar-refractivity contribution is -0.124. The van der Waals surface area contributed by atoms with E-state index >= 15 is 0 Å². The number of amides is 1. The molecule has 112 valence electrons. The Morgan fingerprint density at radius 3 is 2.16 bits per heavy atom. The van der Waals surface area contributed by atoms with Gasteiger partial charge in [-0.1, -0.05) is 26.2 Å². The average Bonchev–Trinajstić information content (AvgIpc) is 2.35. The van der Waals surface area contributed by atoms with Gasteiger partial charge in [-0.2, -0.15) is 0 Å². The van der Waals surface area contributed by atoms with Gasteiger partial charge in [-0.15, -0.1) is 0 Å². The van der Waals surface area contributed by atoms with Gasteiger partial charge in [0, 0.05) is 6.04 Å². The molecule has 7 nitrogen and oxygen atoms in total. The largest absolute Gasteiger partial charge is 0.370 e. The maximum Gasteiger partial charge on any atom is 0.247 e. The summed E-state index contributed by atoms with van der Waals surface area (Å²) in [5.74, 6) is -0.737. The molecule has 0 aliphatic carbocycles. The first kappa shape index (κ1) is 17.7. The minimum Gasteiger partial charge on any atom is -0.370 e. The fraction of sp³-hybridized carbons (Fsp3) is 0.833. The second-order valence-electron chi connectivity index (χ2n) is 4.79. The molecule has 2 unspecified atom stereocenters. The lowest BCUT2D eigenvalue weighted by atomic mass is 9.83. The second kappa shape index (κ2) is 8.71. The van der Waals surface area contributed by atoms with Crippen molar-refractivity contribution in [1.29, 1.82) is 0 Å². The molecule has 2 atom stereocenters. The van der Waals surface area contributed by atoms with E-state index in [1.54, 1.807) is 0 Å². The van der Waals surface area contributed by atoms with E-state index in [2.05, 4.69) is 4.99 Å². The van der Waals surface area contributed by atoms with Gasteiger partial charge in [-0.3, -0.25) is 4.79 Å². The van der Waals surface area contributed by atoms with Crippen LogP contribution in [-0.2, 0) is 4.79 Å². The second-order valence-corrected chi connectivity index (χ2v) is 4.79. The summed E-state index contributed by atoms with van der Waals surface area (Å²) in [6.07, 6.45) is 4.73. The number of hydrogen-bond donors (Lipinski definition) is 5. The number of nitrogens with two attached hydrogens (primary N) is 5.